The number of benzene rings is 1. The van der Waals surface area contributed by atoms with E-state index in [-0.39, 0.29) is 142 Å². The number of primary amides is 2. The number of aliphatic carboxylic acids is 3. The highest BCUT2D eigenvalue weighted by molar-refractivity contribution is 7.98. The molecule has 0 radical (unpaired) electrons. The molecule has 4 rings (SSSR count). The van der Waals surface area contributed by atoms with Crippen LogP contribution in [0.2, 0.25) is 0 Å². The summed E-state index contributed by atoms with van der Waals surface area (Å²) in [5, 5.41) is 53.0. The van der Waals surface area contributed by atoms with E-state index in [0.717, 1.165) is 0 Å². The van der Waals surface area contributed by atoms with Gasteiger partial charge < -0.3 is 84.6 Å². The van der Waals surface area contributed by atoms with Gasteiger partial charge in [-0.15, -0.1) is 0 Å². The van der Waals surface area contributed by atoms with Gasteiger partial charge in [0.2, 0.25) is 65.0 Å². The molecule has 554 valence electrons. The first-order valence-corrected chi connectivity index (χ1v) is 34.6. The van der Waals surface area contributed by atoms with E-state index in [1.165, 1.54) is 31.2 Å². The number of hydrogen-bond donors (Lipinski definition) is 16. The van der Waals surface area contributed by atoms with Gasteiger partial charge in [-0.05, 0) is 74.5 Å². The lowest BCUT2D eigenvalue weighted by atomic mass is 10.0. The van der Waals surface area contributed by atoms with Crippen molar-refractivity contribution >= 4 is 106 Å². The molecule has 2 aromatic heterocycles. The summed E-state index contributed by atoms with van der Waals surface area (Å²) in [6.45, 7) is 8.25. The Labute approximate surface area is 584 Å². The number of thioether (sulfide) groups is 1. The van der Waals surface area contributed by atoms with E-state index in [9.17, 15) is 82.4 Å². The maximum absolute atomic E-state index is 14.4. The summed E-state index contributed by atoms with van der Waals surface area (Å²) >= 11 is 1.45. The Hall–Kier alpha value is -9.26. The summed E-state index contributed by atoms with van der Waals surface area (Å²) in [6, 6.07) is -1.76. The van der Waals surface area contributed by atoms with Gasteiger partial charge in [0.1, 0.15) is 42.3 Å². The smallest absolute Gasteiger partial charge is 0.317 e. The molecule has 35 nitrogen and oxygen atoms in total. The van der Waals surface area contributed by atoms with E-state index in [2.05, 4.69) is 62.8 Å². The summed E-state index contributed by atoms with van der Waals surface area (Å²) in [5.74, 6) is -11.6. The molecule has 0 spiro atoms. The second-order valence-corrected chi connectivity index (χ2v) is 26.3. The van der Waals surface area contributed by atoms with Crippen molar-refractivity contribution in [1.29, 1.82) is 0 Å². The van der Waals surface area contributed by atoms with Gasteiger partial charge in [0.25, 0.3) is 0 Å². The molecule has 18 N–H and O–H groups in total. The van der Waals surface area contributed by atoms with Gasteiger partial charge >= 0.3 is 17.9 Å². The van der Waals surface area contributed by atoms with Crippen LogP contribution < -0.4 is 59.3 Å². The molecule has 1 fully saturated rings. The molecule has 11 amide bonds. The Morgan fingerprint density at radius 3 is 1.62 bits per heavy atom. The number of carbonyl (C=O) groups is 14. The molecule has 1 aliphatic heterocycles. The molecule has 3 aromatic rings. The normalized spacial score (nSPS) is 15.8. The van der Waals surface area contributed by atoms with Crippen LogP contribution >= 0.6 is 11.8 Å². The maximum atomic E-state index is 14.4. The number of rotatable bonds is 42. The molecule has 0 unspecified atom stereocenters. The number of H-pyrrole nitrogens is 2. The van der Waals surface area contributed by atoms with Crippen molar-refractivity contribution in [3.63, 3.8) is 0 Å². The first-order valence-electron chi connectivity index (χ1n) is 33.2. The number of nitrogens with two attached hydrogens (primary N) is 2. The predicted octanol–water partition coefficient (Wildman–Crippen LogP) is -3.83. The monoisotopic (exact) mass is 1420 g/mol. The molecule has 1 aliphatic rings. The first-order chi connectivity index (χ1) is 47.4. The third kappa shape index (κ3) is 31.3. The molecule has 0 bridgehead atoms. The topological polar surface area (TPSA) is 517 Å². The average molecular weight is 1430 g/mol. The largest absolute Gasteiger partial charge is 0.480 e. The van der Waals surface area contributed by atoms with Crippen LogP contribution in [0.3, 0.4) is 0 Å². The number of aromatic amines is 2. The van der Waals surface area contributed by atoms with Crippen LogP contribution in [0.5, 0.6) is 0 Å². The zero-order valence-corrected chi connectivity index (χ0v) is 58.4. The molecule has 100 heavy (non-hydrogen) atoms. The van der Waals surface area contributed by atoms with Crippen molar-refractivity contribution in [3.8, 4) is 0 Å². The van der Waals surface area contributed by atoms with Gasteiger partial charge in [-0.3, -0.25) is 86.7 Å². The number of imidazole rings is 1. The maximum Gasteiger partial charge on any atom is 0.317 e. The number of unbranched alkanes of at least 4 members (excludes halogenated alkanes) is 1. The first kappa shape index (κ1) is 83.2. The van der Waals surface area contributed by atoms with Crippen LogP contribution in [0, 0.1) is 11.8 Å². The molecular weight excluding hydrogens is 1320 g/mol. The Balaban J connectivity index is 1.39. The quantitative estimate of drug-likeness (QED) is 0.0242. The second kappa shape index (κ2) is 43.3. The number of carbonyl (C=O) groups excluding carboxylic acids is 11. The molecule has 0 saturated carbocycles. The Morgan fingerprint density at radius 1 is 0.550 bits per heavy atom. The number of nitrogens with one attached hydrogen (secondary N) is 11. The molecule has 1 saturated heterocycles. The molecular formula is C64H100N18O17S. The zero-order valence-electron chi connectivity index (χ0n) is 57.6. The standard InChI is InChI=1S/C64H100N18O17S/c1-38(2)27-47(62(97)75-45(58(66)93)16-26-100-6)76-63(98)49(29-42-31-67-37-71-42)74-52(85)32-70-64(99)57(39(3)4)78-59(94)40(5)72-61(96)48(28-41-30-69-44-12-8-7-11-43(41)44)77-60(95)46(14-15-50(65)83)73-51(84)13-9-10-17-68-53(86)33-79-18-20-80(34-54(87)88)22-24-82(36-56(91)92)25-23-81(21-19-79)35-55(89)90/h7-8,11-12,30-31,37-40,45-49,57,69H,9-10,13-29,32-36H2,1-6H3,(H2,65,83)(H2,66,93)(H,67,71)(H,68,86)(H,70,99)(H,72,96)(H,73,84)(H,74,85)(H,75,97)(H,76,98)(H,77,95)(H,78,94)(H,87,88)(H,89,90)(H,91,92)/t40-,45-,46-,47-,48-,49-,57-/m0/s1. The fourth-order valence-corrected chi connectivity index (χ4v) is 11.3. The third-order valence-electron chi connectivity index (χ3n) is 16.3. The van der Waals surface area contributed by atoms with E-state index in [1.807, 2.05) is 20.1 Å². The Kier molecular flexibility index (Phi) is 36.0. The summed E-state index contributed by atoms with van der Waals surface area (Å²) in [6.07, 6.45) is 6.17. The summed E-state index contributed by atoms with van der Waals surface area (Å²) in [5.41, 5.74) is 12.8. The lowest BCUT2D eigenvalue weighted by molar-refractivity contribution is -0.140. The van der Waals surface area contributed by atoms with Crippen LogP contribution in [0.15, 0.2) is 43.0 Å². The van der Waals surface area contributed by atoms with Gasteiger partial charge in [-0.25, -0.2) is 4.98 Å². The fourth-order valence-electron chi connectivity index (χ4n) is 10.8. The third-order valence-corrected chi connectivity index (χ3v) is 16.9. The second-order valence-electron chi connectivity index (χ2n) is 25.4. The highest BCUT2D eigenvalue weighted by Gasteiger charge is 2.34. The Bertz CT molecular complexity index is 3210. The van der Waals surface area contributed by atoms with Gasteiger partial charge in [0.05, 0.1) is 39.1 Å². The summed E-state index contributed by atoms with van der Waals surface area (Å²) < 4.78 is 0. The highest BCUT2D eigenvalue weighted by atomic mass is 32.2. The lowest BCUT2D eigenvalue weighted by Crippen LogP contribution is -2.59. The number of carboxylic acids is 3. The number of aromatic nitrogens is 3. The minimum atomic E-state index is -1.42. The van der Waals surface area contributed by atoms with E-state index in [4.69, 9.17) is 11.5 Å². The van der Waals surface area contributed by atoms with Crippen molar-refractivity contribution in [2.75, 3.05) is 104 Å². The molecule has 7 atom stereocenters. The predicted molar refractivity (Wildman–Crippen MR) is 367 cm³/mol. The minimum absolute atomic E-state index is 0.103. The number of amides is 11. The van der Waals surface area contributed by atoms with Crippen LogP contribution in [0.4, 0.5) is 0 Å². The average Bonchev–Trinajstić information content (AvgIpc) is 1.64. The molecule has 1 aromatic carbocycles. The zero-order chi connectivity index (χ0) is 74.0. The summed E-state index contributed by atoms with van der Waals surface area (Å²) in [4.78, 5) is 200. The van der Waals surface area contributed by atoms with Crippen LogP contribution in [-0.2, 0) is 80.0 Å². The van der Waals surface area contributed by atoms with Crippen molar-refractivity contribution in [1.82, 2.24) is 82.4 Å². The number of para-hydroxylation sites is 1. The van der Waals surface area contributed by atoms with Gasteiger partial charge in [0, 0.05) is 114 Å². The van der Waals surface area contributed by atoms with Crippen LogP contribution in [0.1, 0.15) is 90.8 Å². The van der Waals surface area contributed by atoms with Crippen molar-refractivity contribution in [2.24, 2.45) is 23.3 Å². The SMILES string of the molecule is CSCC[C@H](NC(=O)[C@H](CC(C)C)NC(=O)[C@H](Cc1cnc[nH]1)NC(=O)CNC(=O)[C@@H](NC(=O)[C@H](C)NC(=O)[C@H](Cc1c[nH]c2ccccc12)NC(=O)[C@H](CCC(N)=O)NC(=O)CCCCNC(=O)CN1CCN(CC(=O)O)CCN(CC(=O)O)CCN(CC(=O)O)CC1)C(C)C)C(N)=O. The number of fused-ring (bicyclic) bond motifs is 1. The van der Waals surface area contributed by atoms with Crippen molar-refractivity contribution < 1.29 is 82.4 Å². The fraction of sp³-hybridized carbons (Fsp3) is 0.609. The van der Waals surface area contributed by atoms with Crippen LogP contribution in [0.25, 0.3) is 10.9 Å². The van der Waals surface area contributed by atoms with Gasteiger partial charge in [-0.2, -0.15) is 11.8 Å². The van der Waals surface area contributed by atoms with Crippen molar-refractivity contribution in [2.45, 2.75) is 135 Å². The minimum Gasteiger partial charge on any atom is -0.480 e. The lowest BCUT2D eigenvalue weighted by Gasteiger charge is -2.32. The Morgan fingerprint density at radius 2 is 1.08 bits per heavy atom. The van der Waals surface area contributed by atoms with Crippen LogP contribution in [-0.4, -0.2) is 279 Å². The van der Waals surface area contributed by atoms with E-state index in [0.29, 0.717) is 34.3 Å². The molecule has 0 aliphatic carbocycles. The summed E-state index contributed by atoms with van der Waals surface area (Å²) in [7, 11) is 0. The molecule has 3 heterocycles. The highest BCUT2D eigenvalue weighted by Crippen LogP contribution is 2.20. The number of carboxylic acid groups (broad SMARTS) is 3. The van der Waals surface area contributed by atoms with Crippen molar-refractivity contribution in [3.05, 3.63) is 54.2 Å². The van der Waals surface area contributed by atoms with Gasteiger partial charge in [0.15, 0.2) is 0 Å². The van der Waals surface area contributed by atoms with E-state index >= 15 is 0 Å². The van der Waals surface area contributed by atoms with E-state index in [1.54, 1.807) is 63.9 Å². The van der Waals surface area contributed by atoms with E-state index < -0.39 is 138 Å². The number of nitrogens with zero attached hydrogens (tertiary/aromatic N) is 5. The van der Waals surface area contributed by atoms with Gasteiger partial charge in [-0.1, -0.05) is 45.9 Å². The number of hydrogen-bond acceptors (Lipinski definition) is 20. The molecule has 36 heteroatoms.